The highest BCUT2D eigenvalue weighted by atomic mass is 15.3. The van der Waals surface area contributed by atoms with Gasteiger partial charge in [-0.2, -0.15) is 0 Å². The van der Waals surface area contributed by atoms with Crippen LogP contribution in [0.2, 0.25) is 0 Å². The smallest absolute Gasteiger partial charge is 0.0121 e. The third-order valence-corrected chi connectivity index (χ3v) is 5.52. The molecule has 4 nitrogen and oxygen atoms in total. The van der Waals surface area contributed by atoms with Crippen LogP contribution in [0.4, 0.5) is 0 Å². The first-order valence-electron chi connectivity index (χ1n) is 8.14. The van der Waals surface area contributed by atoms with Gasteiger partial charge in [-0.1, -0.05) is 0 Å². The molecule has 3 rings (SSSR count). The van der Waals surface area contributed by atoms with Crippen LogP contribution in [-0.2, 0) is 0 Å². The standard InChI is InChI=1S/C15H30N4/c1-17-6-4-14(5-7-17)18-8-10-19(11-9-18)15-3-2-13(16)12-15/h13-15H,2-12,16H2,1H3. The first-order chi connectivity index (χ1) is 9.22. The molecule has 0 aromatic carbocycles. The van der Waals surface area contributed by atoms with E-state index < -0.39 is 0 Å². The zero-order valence-corrected chi connectivity index (χ0v) is 12.4. The molecule has 2 unspecified atom stereocenters. The van der Waals surface area contributed by atoms with Crippen molar-refractivity contribution in [3.63, 3.8) is 0 Å². The molecule has 3 aliphatic rings. The largest absolute Gasteiger partial charge is 0.328 e. The predicted octanol–water partition coefficient (Wildman–Crippen LogP) is 0.578. The Morgan fingerprint density at radius 3 is 1.84 bits per heavy atom. The van der Waals surface area contributed by atoms with E-state index in [2.05, 4.69) is 21.7 Å². The SMILES string of the molecule is CN1CCC(N2CCN(C3CCC(N)C3)CC2)CC1. The van der Waals surface area contributed by atoms with Gasteiger partial charge >= 0.3 is 0 Å². The van der Waals surface area contributed by atoms with Crippen LogP contribution in [0.3, 0.4) is 0 Å². The van der Waals surface area contributed by atoms with Gasteiger partial charge in [-0.25, -0.2) is 0 Å². The monoisotopic (exact) mass is 266 g/mol. The van der Waals surface area contributed by atoms with Crippen LogP contribution in [0.5, 0.6) is 0 Å². The number of piperidine rings is 1. The fourth-order valence-corrected chi connectivity index (χ4v) is 4.15. The first-order valence-corrected chi connectivity index (χ1v) is 8.14. The minimum absolute atomic E-state index is 0.469. The Kier molecular flexibility index (Phi) is 4.42. The lowest BCUT2D eigenvalue weighted by Gasteiger charge is -2.43. The van der Waals surface area contributed by atoms with E-state index in [1.807, 2.05) is 0 Å². The van der Waals surface area contributed by atoms with Gasteiger partial charge in [0, 0.05) is 44.3 Å². The summed E-state index contributed by atoms with van der Waals surface area (Å²) in [6, 6.07) is 2.11. The summed E-state index contributed by atoms with van der Waals surface area (Å²) in [7, 11) is 2.25. The van der Waals surface area contributed by atoms with Gasteiger partial charge in [-0.05, 0) is 52.2 Å². The van der Waals surface area contributed by atoms with Crippen molar-refractivity contribution in [2.45, 2.75) is 50.2 Å². The Labute approximate surface area is 117 Å². The van der Waals surface area contributed by atoms with E-state index in [4.69, 9.17) is 5.73 Å². The molecule has 1 aliphatic carbocycles. The van der Waals surface area contributed by atoms with Gasteiger partial charge in [0.1, 0.15) is 0 Å². The first kappa shape index (κ1) is 13.8. The number of piperazine rings is 1. The van der Waals surface area contributed by atoms with Gasteiger partial charge in [0.15, 0.2) is 0 Å². The molecule has 0 spiro atoms. The Morgan fingerprint density at radius 1 is 0.737 bits per heavy atom. The van der Waals surface area contributed by atoms with Gasteiger partial charge in [-0.15, -0.1) is 0 Å². The van der Waals surface area contributed by atoms with Crippen molar-refractivity contribution >= 4 is 0 Å². The van der Waals surface area contributed by atoms with E-state index in [9.17, 15) is 0 Å². The van der Waals surface area contributed by atoms with E-state index in [0.717, 1.165) is 12.1 Å². The van der Waals surface area contributed by atoms with Gasteiger partial charge in [0.05, 0.1) is 0 Å². The second-order valence-corrected chi connectivity index (χ2v) is 6.83. The lowest BCUT2D eigenvalue weighted by molar-refractivity contribution is 0.0473. The minimum atomic E-state index is 0.469. The maximum absolute atomic E-state index is 6.05. The summed E-state index contributed by atoms with van der Waals surface area (Å²) in [6.07, 6.45) is 6.53. The van der Waals surface area contributed by atoms with Crippen molar-refractivity contribution in [2.24, 2.45) is 5.73 Å². The highest BCUT2D eigenvalue weighted by Crippen LogP contribution is 2.25. The number of hydrogen-bond acceptors (Lipinski definition) is 4. The third kappa shape index (κ3) is 3.30. The van der Waals surface area contributed by atoms with E-state index in [1.54, 1.807) is 0 Å². The summed E-state index contributed by atoms with van der Waals surface area (Å²) >= 11 is 0. The van der Waals surface area contributed by atoms with E-state index >= 15 is 0 Å². The Morgan fingerprint density at radius 2 is 1.32 bits per heavy atom. The van der Waals surface area contributed by atoms with Crippen molar-refractivity contribution in [3.8, 4) is 0 Å². The van der Waals surface area contributed by atoms with Crippen LogP contribution in [0.15, 0.2) is 0 Å². The minimum Gasteiger partial charge on any atom is -0.328 e. The molecule has 2 saturated heterocycles. The Hall–Kier alpha value is -0.160. The van der Waals surface area contributed by atoms with Crippen LogP contribution in [0.1, 0.15) is 32.1 Å². The Bertz CT molecular complexity index is 280. The molecule has 2 aliphatic heterocycles. The predicted molar refractivity (Wildman–Crippen MR) is 79.3 cm³/mol. The van der Waals surface area contributed by atoms with E-state index in [0.29, 0.717) is 6.04 Å². The molecule has 2 N–H and O–H groups in total. The second kappa shape index (κ2) is 6.08. The summed E-state index contributed by atoms with van der Waals surface area (Å²) in [5, 5.41) is 0. The Balaban J connectivity index is 1.44. The molecular weight excluding hydrogens is 236 g/mol. The average Bonchev–Trinajstić information content (AvgIpc) is 2.87. The number of nitrogens with zero attached hydrogens (tertiary/aromatic N) is 3. The van der Waals surface area contributed by atoms with Crippen molar-refractivity contribution in [1.82, 2.24) is 14.7 Å². The maximum Gasteiger partial charge on any atom is 0.0121 e. The van der Waals surface area contributed by atoms with Crippen LogP contribution < -0.4 is 5.73 Å². The van der Waals surface area contributed by atoms with Crippen molar-refractivity contribution in [3.05, 3.63) is 0 Å². The number of nitrogens with two attached hydrogens (primary N) is 1. The summed E-state index contributed by atoms with van der Waals surface area (Å²) in [6.45, 7) is 7.65. The molecule has 0 aromatic heterocycles. The molecule has 4 heteroatoms. The average molecular weight is 266 g/mol. The molecule has 0 bridgehead atoms. The lowest BCUT2D eigenvalue weighted by atomic mass is 10.0. The van der Waals surface area contributed by atoms with Gasteiger partial charge in [-0.3, -0.25) is 9.80 Å². The summed E-state index contributed by atoms with van der Waals surface area (Å²) in [5.41, 5.74) is 6.05. The van der Waals surface area contributed by atoms with Gasteiger partial charge < -0.3 is 10.6 Å². The summed E-state index contributed by atoms with van der Waals surface area (Å²) in [4.78, 5) is 7.92. The fourth-order valence-electron chi connectivity index (χ4n) is 4.15. The van der Waals surface area contributed by atoms with Gasteiger partial charge in [0.2, 0.25) is 0 Å². The number of rotatable bonds is 2. The van der Waals surface area contributed by atoms with Crippen molar-refractivity contribution in [2.75, 3.05) is 46.3 Å². The molecule has 2 atom stereocenters. The summed E-state index contributed by atoms with van der Waals surface area (Å²) in [5.74, 6) is 0. The van der Waals surface area contributed by atoms with Crippen molar-refractivity contribution < 1.29 is 0 Å². The molecule has 3 fully saturated rings. The van der Waals surface area contributed by atoms with Crippen LogP contribution in [0, 0.1) is 0 Å². The summed E-state index contributed by atoms with van der Waals surface area (Å²) < 4.78 is 0. The van der Waals surface area contributed by atoms with Crippen molar-refractivity contribution in [1.29, 1.82) is 0 Å². The fraction of sp³-hybridized carbons (Fsp3) is 1.00. The van der Waals surface area contributed by atoms with Gasteiger partial charge in [0.25, 0.3) is 0 Å². The van der Waals surface area contributed by atoms with Crippen LogP contribution in [0.25, 0.3) is 0 Å². The number of hydrogen-bond donors (Lipinski definition) is 1. The topological polar surface area (TPSA) is 35.7 Å². The molecule has 0 amide bonds. The van der Waals surface area contributed by atoms with Crippen LogP contribution >= 0.6 is 0 Å². The third-order valence-electron chi connectivity index (χ3n) is 5.52. The highest BCUT2D eigenvalue weighted by molar-refractivity contribution is 4.89. The highest BCUT2D eigenvalue weighted by Gasteiger charge is 2.31. The maximum atomic E-state index is 6.05. The molecular formula is C15H30N4. The normalized spacial score (nSPS) is 36.9. The zero-order valence-electron chi connectivity index (χ0n) is 12.4. The lowest BCUT2D eigenvalue weighted by Crippen LogP contribution is -2.54. The zero-order chi connectivity index (χ0) is 13.2. The van der Waals surface area contributed by atoms with E-state index in [1.165, 1.54) is 71.4 Å². The molecule has 0 radical (unpaired) electrons. The number of likely N-dealkylation sites (tertiary alicyclic amines) is 1. The second-order valence-electron chi connectivity index (χ2n) is 6.83. The molecule has 1 saturated carbocycles. The molecule has 2 heterocycles. The van der Waals surface area contributed by atoms with Crippen LogP contribution in [-0.4, -0.2) is 79.1 Å². The molecule has 110 valence electrons. The quantitative estimate of drug-likeness (QED) is 0.793. The van der Waals surface area contributed by atoms with E-state index in [-0.39, 0.29) is 0 Å². The molecule has 0 aromatic rings. The molecule has 19 heavy (non-hydrogen) atoms.